The minimum atomic E-state index is 0.0732. The van der Waals surface area contributed by atoms with E-state index in [9.17, 15) is 0 Å². The molecule has 2 atom stereocenters. The number of morpholine rings is 1. The molecule has 2 rings (SSSR count). The zero-order valence-corrected chi connectivity index (χ0v) is 11.7. The molecule has 0 bridgehead atoms. The first-order valence-corrected chi connectivity index (χ1v) is 6.88. The SMILES string of the molecule is C[C@@H]1CN(CCOc2ccc(CO)cc2)C[C@@H](C)O1. The molecular formula is C15H23NO3. The summed E-state index contributed by atoms with van der Waals surface area (Å²) in [6.45, 7) is 7.82. The molecule has 1 heterocycles. The Balaban J connectivity index is 1.73. The second kappa shape index (κ2) is 6.89. The molecule has 0 radical (unpaired) electrons. The van der Waals surface area contributed by atoms with Gasteiger partial charge in [0.05, 0.1) is 18.8 Å². The Morgan fingerprint density at radius 1 is 1.21 bits per heavy atom. The average Bonchev–Trinajstić information content (AvgIpc) is 2.38. The summed E-state index contributed by atoms with van der Waals surface area (Å²) in [5, 5.41) is 8.97. The van der Waals surface area contributed by atoms with E-state index in [-0.39, 0.29) is 6.61 Å². The van der Waals surface area contributed by atoms with E-state index in [0.717, 1.165) is 30.9 Å². The number of ether oxygens (including phenoxy) is 2. The molecule has 4 nitrogen and oxygen atoms in total. The predicted molar refractivity (Wildman–Crippen MR) is 74.3 cm³/mol. The summed E-state index contributed by atoms with van der Waals surface area (Å²) < 4.78 is 11.4. The van der Waals surface area contributed by atoms with Gasteiger partial charge in [-0.15, -0.1) is 0 Å². The highest BCUT2D eigenvalue weighted by molar-refractivity contribution is 5.26. The summed E-state index contributed by atoms with van der Waals surface area (Å²) in [6, 6.07) is 7.56. The van der Waals surface area contributed by atoms with Gasteiger partial charge in [0.1, 0.15) is 12.4 Å². The van der Waals surface area contributed by atoms with Crippen LogP contribution in [0.4, 0.5) is 0 Å². The Hall–Kier alpha value is -1.10. The number of benzene rings is 1. The monoisotopic (exact) mass is 265 g/mol. The summed E-state index contributed by atoms with van der Waals surface area (Å²) in [4.78, 5) is 2.38. The van der Waals surface area contributed by atoms with Gasteiger partial charge in [0, 0.05) is 19.6 Å². The molecule has 1 fully saturated rings. The number of hydrogen-bond donors (Lipinski definition) is 1. The molecule has 0 aliphatic carbocycles. The molecule has 1 aromatic carbocycles. The van der Waals surface area contributed by atoms with Crippen LogP contribution in [0, 0.1) is 0 Å². The normalized spacial score (nSPS) is 24.4. The highest BCUT2D eigenvalue weighted by Gasteiger charge is 2.21. The van der Waals surface area contributed by atoms with E-state index in [4.69, 9.17) is 14.6 Å². The van der Waals surface area contributed by atoms with Gasteiger partial charge in [0.2, 0.25) is 0 Å². The maximum atomic E-state index is 8.97. The molecule has 1 aliphatic rings. The zero-order chi connectivity index (χ0) is 13.7. The fourth-order valence-electron chi connectivity index (χ4n) is 2.45. The molecule has 0 unspecified atom stereocenters. The van der Waals surface area contributed by atoms with Crippen molar-refractivity contribution in [3.63, 3.8) is 0 Å². The van der Waals surface area contributed by atoms with Crippen molar-refractivity contribution >= 4 is 0 Å². The molecule has 0 saturated carbocycles. The summed E-state index contributed by atoms with van der Waals surface area (Å²) in [5.41, 5.74) is 0.906. The molecule has 1 N–H and O–H groups in total. The fourth-order valence-corrected chi connectivity index (χ4v) is 2.45. The van der Waals surface area contributed by atoms with Crippen molar-refractivity contribution in [1.82, 2.24) is 4.90 Å². The van der Waals surface area contributed by atoms with Gasteiger partial charge in [0.15, 0.2) is 0 Å². The molecule has 1 aromatic rings. The van der Waals surface area contributed by atoms with Crippen LogP contribution < -0.4 is 4.74 Å². The van der Waals surface area contributed by atoms with Crippen molar-refractivity contribution in [3.8, 4) is 5.75 Å². The molecule has 106 valence electrons. The number of hydrogen-bond acceptors (Lipinski definition) is 4. The van der Waals surface area contributed by atoms with Crippen LogP contribution in [-0.2, 0) is 11.3 Å². The largest absolute Gasteiger partial charge is 0.492 e. The van der Waals surface area contributed by atoms with Crippen molar-refractivity contribution in [2.24, 2.45) is 0 Å². The second-order valence-electron chi connectivity index (χ2n) is 5.17. The lowest BCUT2D eigenvalue weighted by Crippen LogP contribution is -2.46. The average molecular weight is 265 g/mol. The predicted octanol–water partition coefficient (Wildman–Crippen LogP) is 1.67. The summed E-state index contributed by atoms with van der Waals surface area (Å²) in [6.07, 6.45) is 0.597. The van der Waals surface area contributed by atoms with E-state index in [1.54, 1.807) is 0 Å². The van der Waals surface area contributed by atoms with Crippen LogP contribution in [0.2, 0.25) is 0 Å². The van der Waals surface area contributed by atoms with Gasteiger partial charge in [-0.25, -0.2) is 0 Å². The summed E-state index contributed by atoms with van der Waals surface area (Å²) >= 11 is 0. The maximum absolute atomic E-state index is 8.97. The summed E-state index contributed by atoms with van der Waals surface area (Å²) in [5.74, 6) is 0.853. The summed E-state index contributed by atoms with van der Waals surface area (Å²) in [7, 11) is 0. The lowest BCUT2D eigenvalue weighted by molar-refractivity contribution is -0.0699. The third-order valence-corrected chi connectivity index (χ3v) is 3.28. The highest BCUT2D eigenvalue weighted by atomic mass is 16.5. The first-order valence-electron chi connectivity index (χ1n) is 6.88. The smallest absolute Gasteiger partial charge is 0.119 e. The lowest BCUT2D eigenvalue weighted by atomic mass is 10.2. The van der Waals surface area contributed by atoms with E-state index < -0.39 is 0 Å². The van der Waals surface area contributed by atoms with E-state index in [0.29, 0.717) is 18.8 Å². The van der Waals surface area contributed by atoms with Crippen LogP contribution in [0.3, 0.4) is 0 Å². The number of rotatable bonds is 5. The first kappa shape index (κ1) is 14.3. The van der Waals surface area contributed by atoms with Gasteiger partial charge in [-0.3, -0.25) is 4.90 Å². The topological polar surface area (TPSA) is 41.9 Å². The van der Waals surface area contributed by atoms with Crippen molar-refractivity contribution in [2.75, 3.05) is 26.2 Å². The molecule has 0 amide bonds. The van der Waals surface area contributed by atoms with Crippen molar-refractivity contribution in [2.45, 2.75) is 32.7 Å². The van der Waals surface area contributed by atoms with Crippen LogP contribution in [0.1, 0.15) is 19.4 Å². The number of aliphatic hydroxyl groups excluding tert-OH is 1. The van der Waals surface area contributed by atoms with Gasteiger partial charge in [-0.1, -0.05) is 12.1 Å². The van der Waals surface area contributed by atoms with Crippen molar-refractivity contribution < 1.29 is 14.6 Å². The van der Waals surface area contributed by atoms with Crippen LogP contribution in [0.25, 0.3) is 0 Å². The Labute approximate surface area is 114 Å². The van der Waals surface area contributed by atoms with Gasteiger partial charge in [-0.05, 0) is 31.5 Å². The first-order chi connectivity index (χ1) is 9.17. The molecule has 19 heavy (non-hydrogen) atoms. The Kier molecular flexibility index (Phi) is 5.19. The molecule has 0 spiro atoms. The standard InChI is InChI=1S/C15H23NO3/c1-12-9-16(10-13(2)19-12)7-8-18-15-5-3-14(11-17)4-6-15/h3-6,12-13,17H,7-11H2,1-2H3/t12-,13-/m1/s1. The van der Waals surface area contributed by atoms with Crippen LogP contribution in [-0.4, -0.2) is 48.5 Å². The van der Waals surface area contributed by atoms with Gasteiger partial charge in [-0.2, -0.15) is 0 Å². The van der Waals surface area contributed by atoms with E-state index >= 15 is 0 Å². The highest BCUT2D eigenvalue weighted by Crippen LogP contribution is 2.13. The van der Waals surface area contributed by atoms with E-state index in [2.05, 4.69) is 18.7 Å². The number of aliphatic hydroxyl groups is 1. The Morgan fingerprint density at radius 2 is 1.84 bits per heavy atom. The quantitative estimate of drug-likeness (QED) is 0.879. The lowest BCUT2D eigenvalue weighted by Gasteiger charge is -2.35. The van der Waals surface area contributed by atoms with E-state index in [1.807, 2.05) is 24.3 Å². The van der Waals surface area contributed by atoms with Gasteiger partial charge >= 0.3 is 0 Å². The Morgan fingerprint density at radius 3 is 2.42 bits per heavy atom. The minimum absolute atomic E-state index is 0.0732. The molecule has 1 saturated heterocycles. The third-order valence-electron chi connectivity index (χ3n) is 3.28. The molecule has 4 heteroatoms. The van der Waals surface area contributed by atoms with Crippen LogP contribution in [0.5, 0.6) is 5.75 Å². The minimum Gasteiger partial charge on any atom is -0.492 e. The maximum Gasteiger partial charge on any atom is 0.119 e. The molecule has 0 aromatic heterocycles. The fraction of sp³-hybridized carbons (Fsp3) is 0.600. The van der Waals surface area contributed by atoms with E-state index in [1.165, 1.54) is 0 Å². The van der Waals surface area contributed by atoms with Crippen LogP contribution in [0.15, 0.2) is 24.3 Å². The van der Waals surface area contributed by atoms with Gasteiger partial charge < -0.3 is 14.6 Å². The Bertz CT molecular complexity index is 369. The molecule has 1 aliphatic heterocycles. The van der Waals surface area contributed by atoms with Crippen molar-refractivity contribution in [3.05, 3.63) is 29.8 Å². The third kappa shape index (κ3) is 4.49. The second-order valence-corrected chi connectivity index (χ2v) is 5.17. The van der Waals surface area contributed by atoms with Crippen molar-refractivity contribution in [1.29, 1.82) is 0 Å². The van der Waals surface area contributed by atoms with Crippen LogP contribution >= 0.6 is 0 Å². The molecular weight excluding hydrogens is 242 g/mol. The zero-order valence-electron chi connectivity index (χ0n) is 11.7. The number of nitrogens with zero attached hydrogens (tertiary/aromatic N) is 1. The van der Waals surface area contributed by atoms with Gasteiger partial charge in [0.25, 0.3) is 0 Å².